The lowest BCUT2D eigenvalue weighted by Gasteiger charge is -2.13. The highest BCUT2D eigenvalue weighted by molar-refractivity contribution is 14.0. The average molecular weight is 507 g/mol. The minimum absolute atomic E-state index is 0. The van der Waals surface area contributed by atoms with Crippen LogP contribution in [0.1, 0.15) is 12.5 Å². The van der Waals surface area contributed by atoms with Crippen LogP contribution in [0.5, 0.6) is 17.2 Å². The first-order chi connectivity index (χ1) is 13.0. The van der Waals surface area contributed by atoms with E-state index < -0.39 is 11.6 Å². The molecule has 0 heterocycles. The summed E-state index contributed by atoms with van der Waals surface area (Å²) >= 11 is 0. The maximum absolute atomic E-state index is 13.5. The molecule has 0 aliphatic rings. The van der Waals surface area contributed by atoms with Gasteiger partial charge in [-0.3, -0.25) is 0 Å². The Labute approximate surface area is 180 Å². The van der Waals surface area contributed by atoms with Crippen LogP contribution in [0.4, 0.5) is 8.78 Å². The van der Waals surface area contributed by atoms with E-state index in [4.69, 9.17) is 9.47 Å². The molecule has 9 heteroatoms. The van der Waals surface area contributed by atoms with Crippen molar-refractivity contribution < 1.29 is 23.4 Å². The molecule has 0 saturated heterocycles. The van der Waals surface area contributed by atoms with Gasteiger partial charge in [-0.05, 0) is 25.1 Å². The lowest BCUT2D eigenvalue weighted by atomic mass is 10.2. The molecule has 0 fully saturated rings. The number of halogens is 3. The van der Waals surface area contributed by atoms with Crippen LogP contribution in [-0.2, 0) is 6.54 Å². The van der Waals surface area contributed by atoms with Gasteiger partial charge in [0, 0.05) is 18.2 Å². The number of aliphatic imine (C=N–C) groups is 1. The summed E-state index contributed by atoms with van der Waals surface area (Å²) in [5.41, 5.74) is 0.621. The molecular formula is C19H24F2IN3O3. The van der Waals surface area contributed by atoms with Gasteiger partial charge in [0.1, 0.15) is 12.4 Å². The monoisotopic (exact) mass is 507 g/mol. The standard InChI is InChI=1S/C19H23F2N3O3.HI/c1-3-22-19(24-12-13-5-4-6-17(26-2)18(13)25)23-9-10-27-16-8-7-14(20)11-15(16)21;/h4-8,11,25H,3,9-10,12H2,1-2H3,(H2,22,23,24);1H. The molecule has 6 nitrogen and oxygen atoms in total. The molecule has 0 amide bonds. The maximum atomic E-state index is 13.5. The average Bonchev–Trinajstić information content (AvgIpc) is 2.65. The van der Waals surface area contributed by atoms with E-state index in [9.17, 15) is 13.9 Å². The van der Waals surface area contributed by atoms with Crippen LogP contribution >= 0.6 is 24.0 Å². The van der Waals surface area contributed by atoms with E-state index in [0.717, 1.165) is 12.1 Å². The predicted octanol–water partition coefficient (Wildman–Crippen LogP) is 3.43. The van der Waals surface area contributed by atoms with Crippen molar-refractivity contribution in [2.24, 2.45) is 4.99 Å². The SMILES string of the molecule is CCNC(=NCc1cccc(OC)c1O)NCCOc1ccc(F)cc1F.I. The number of benzene rings is 2. The normalized spacial score (nSPS) is 10.8. The Kier molecular flexibility index (Phi) is 10.4. The van der Waals surface area contributed by atoms with Gasteiger partial charge in [-0.1, -0.05) is 12.1 Å². The number of methoxy groups -OCH3 is 1. The summed E-state index contributed by atoms with van der Waals surface area (Å²) in [6.07, 6.45) is 0. The third-order valence-electron chi connectivity index (χ3n) is 3.60. The van der Waals surface area contributed by atoms with E-state index in [1.807, 2.05) is 6.92 Å². The summed E-state index contributed by atoms with van der Waals surface area (Å²) in [6.45, 7) is 3.32. The Morgan fingerprint density at radius 3 is 2.61 bits per heavy atom. The summed E-state index contributed by atoms with van der Waals surface area (Å²) in [6, 6.07) is 8.35. The first kappa shape index (κ1) is 23.7. The Morgan fingerprint density at radius 2 is 1.93 bits per heavy atom. The van der Waals surface area contributed by atoms with Gasteiger partial charge in [-0.25, -0.2) is 13.8 Å². The van der Waals surface area contributed by atoms with Gasteiger partial charge >= 0.3 is 0 Å². The molecule has 0 aliphatic heterocycles. The Morgan fingerprint density at radius 1 is 1.14 bits per heavy atom. The van der Waals surface area contributed by atoms with E-state index in [0.29, 0.717) is 30.4 Å². The summed E-state index contributed by atoms with van der Waals surface area (Å²) < 4.78 is 36.7. The fourth-order valence-electron chi connectivity index (χ4n) is 2.29. The van der Waals surface area contributed by atoms with Gasteiger partial charge in [0.15, 0.2) is 29.0 Å². The van der Waals surface area contributed by atoms with Crippen molar-refractivity contribution >= 4 is 29.9 Å². The molecule has 0 saturated carbocycles. The number of para-hydroxylation sites is 1. The van der Waals surface area contributed by atoms with Gasteiger partial charge in [-0.2, -0.15) is 0 Å². The predicted molar refractivity (Wildman–Crippen MR) is 115 cm³/mol. The Balaban J connectivity index is 0.00000392. The van der Waals surface area contributed by atoms with Gasteiger partial charge in [0.2, 0.25) is 0 Å². The zero-order valence-corrected chi connectivity index (χ0v) is 18.0. The Bertz CT molecular complexity index is 791. The first-order valence-corrected chi connectivity index (χ1v) is 8.50. The van der Waals surface area contributed by atoms with Crippen molar-refractivity contribution in [1.29, 1.82) is 0 Å². The largest absolute Gasteiger partial charge is 0.504 e. The van der Waals surface area contributed by atoms with Gasteiger partial charge in [0.25, 0.3) is 0 Å². The molecule has 0 aliphatic carbocycles. The van der Waals surface area contributed by atoms with Crippen molar-refractivity contribution in [2.45, 2.75) is 13.5 Å². The highest BCUT2D eigenvalue weighted by Gasteiger charge is 2.08. The third-order valence-corrected chi connectivity index (χ3v) is 3.60. The van der Waals surface area contributed by atoms with Crippen molar-refractivity contribution in [3.05, 3.63) is 53.6 Å². The first-order valence-electron chi connectivity index (χ1n) is 8.50. The zero-order valence-electron chi connectivity index (χ0n) is 15.7. The van der Waals surface area contributed by atoms with Crippen LogP contribution in [-0.4, -0.2) is 37.9 Å². The van der Waals surface area contributed by atoms with Gasteiger partial charge in [0.05, 0.1) is 20.2 Å². The number of guanidine groups is 1. The van der Waals surface area contributed by atoms with Gasteiger partial charge in [-0.15, -0.1) is 24.0 Å². The number of ether oxygens (including phenoxy) is 2. The molecule has 0 unspecified atom stereocenters. The van der Waals surface area contributed by atoms with Crippen LogP contribution in [0.2, 0.25) is 0 Å². The topological polar surface area (TPSA) is 75.1 Å². The molecule has 0 spiro atoms. The number of nitrogens with one attached hydrogen (secondary N) is 2. The molecule has 0 atom stereocenters. The Hall–Kier alpha value is -2.30. The maximum Gasteiger partial charge on any atom is 0.191 e. The molecule has 2 rings (SSSR count). The van der Waals surface area contributed by atoms with Crippen molar-refractivity contribution in [3.63, 3.8) is 0 Å². The number of rotatable bonds is 8. The molecular weight excluding hydrogens is 483 g/mol. The van der Waals surface area contributed by atoms with Crippen LogP contribution in [0, 0.1) is 11.6 Å². The molecule has 154 valence electrons. The minimum Gasteiger partial charge on any atom is -0.504 e. The summed E-state index contributed by atoms with van der Waals surface area (Å²) in [4.78, 5) is 4.39. The van der Waals surface area contributed by atoms with Crippen LogP contribution < -0.4 is 20.1 Å². The fourth-order valence-corrected chi connectivity index (χ4v) is 2.29. The van der Waals surface area contributed by atoms with E-state index >= 15 is 0 Å². The van der Waals surface area contributed by atoms with Crippen LogP contribution in [0.15, 0.2) is 41.4 Å². The lowest BCUT2D eigenvalue weighted by Crippen LogP contribution is -2.39. The summed E-state index contributed by atoms with van der Waals surface area (Å²) in [5, 5.41) is 16.2. The molecule has 3 N–H and O–H groups in total. The lowest BCUT2D eigenvalue weighted by molar-refractivity contribution is 0.304. The molecule has 0 aromatic heterocycles. The molecule has 0 bridgehead atoms. The van der Waals surface area contributed by atoms with Crippen molar-refractivity contribution in [1.82, 2.24) is 10.6 Å². The quantitative estimate of drug-likeness (QED) is 0.221. The molecule has 2 aromatic rings. The van der Waals surface area contributed by atoms with Crippen LogP contribution in [0.3, 0.4) is 0 Å². The second-order valence-corrected chi connectivity index (χ2v) is 5.51. The number of phenolic OH excluding ortho intramolecular Hbond substituents is 1. The van der Waals surface area contributed by atoms with E-state index in [1.165, 1.54) is 13.2 Å². The fraction of sp³-hybridized carbons (Fsp3) is 0.316. The van der Waals surface area contributed by atoms with Crippen molar-refractivity contribution in [2.75, 3.05) is 26.8 Å². The molecule has 2 aromatic carbocycles. The van der Waals surface area contributed by atoms with Crippen LogP contribution in [0.25, 0.3) is 0 Å². The molecule has 0 radical (unpaired) electrons. The second kappa shape index (κ2) is 12.2. The molecule has 28 heavy (non-hydrogen) atoms. The third kappa shape index (κ3) is 7.02. The number of phenols is 1. The van der Waals surface area contributed by atoms with Gasteiger partial charge < -0.3 is 25.2 Å². The highest BCUT2D eigenvalue weighted by Crippen LogP contribution is 2.29. The number of hydrogen-bond acceptors (Lipinski definition) is 4. The van der Waals surface area contributed by atoms with E-state index in [-0.39, 0.29) is 48.6 Å². The number of nitrogens with zero attached hydrogens (tertiary/aromatic N) is 1. The summed E-state index contributed by atoms with van der Waals surface area (Å²) in [7, 11) is 1.48. The number of hydrogen-bond donors (Lipinski definition) is 3. The van der Waals surface area contributed by atoms with E-state index in [2.05, 4.69) is 15.6 Å². The minimum atomic E-state index is -0.746. The zero-order chi connectivity index (χ0) is 19.6. The number of aromatic hydroxyl groups is 1. The van der Waals surface area contributed by atoms with E-state index in [1.54, 1.807) is 18.2 Å². The highest BCUT2D eigenvalue weighted by atomic mass is 127. The second-order valence-electron chi connectivity index (χ2n) is 5.51. The van der Waals surface area contributed by atoms with Crippen molar-refractivity contribution in [3.8, 4) is 17.2 Å². The smallest absolute Gasteiger partial charge is 0.191 e. The summed E-state index contributed by atoms with van der Waals surface area (Å²) in [5.74, 6) is -0.459.